The average molecular weight is 422 g/mol. The maximum atomic E-state index is 13.0. The van der Waals surface area contributed by atoms with Gasteiger partial charge in [0.15, 0.2) is 12.3 Å². The summed E-state index contributed by atoms with van der Waals surface area (Å²) >= 11 is 0. The van der Waals surface area contributed by atoms with Crippen LogP contribution in [0.2, 0.25) is 0 Å². The number of hydrogen-bond acceptors (Lipinski definition) is 6. The lowest BCUT2D eigenvalue weighted by Crippen LogP contribution is -2.51. The van der Waals surface area contributed by atoms with Crippen molar-refractivity contribution in [2.24, 2.45) is 0 Å². The van der Waals surface area contributed by atoms with Crippen molar-refractivity contribution in [2.45, 2.75) is 56.0 Å². The van der Waals surface area contributed by atoms with Gasteiger partial charge in [-0.1, -0.05) is 18.2 Å². The molecule has 1 aromatic rings. The number of carbonyl (C=O) groups excluding carboxylic acids is 1. The van der Waals surface area contributed by atoms with Gasteiger partial charge in [0.2, 0.25) is 0 Å². The number of nitrogens with one attached hydrogen (secondary N) is 4. The first-order valence-electron chi connectivity index (χ1n) is 9.04. The molecule has 1 aromatic carbocycles. The van der Waals surface area contributed by atoms with Crippen LogP contribution in [0.25, 0.3) is 0 Å². The number of alkyl halides is 5. The van der Waals surface area contributed by atoms with Gasteiger partial charge in [0.25, 0.3) is 12.3 Å². The number of ether oxygens (including phenoxy) is 1. The maximum absolute atomic E-state index is 13.0. The fraction of sp³-hybridized carbons (Fsp3) is 0.588. The maximum Gasteiger partial charge on any atom is 0.406 e. The lowest BCUT2D eigenvalue weighted by Gasteiger charge is -2.22. The lowest BCUT2D eigenvalue weighted by atomic mass is 10.0. The molecule has 7 nitrogen and oxygen atoms in total. The molecule has 2 aliphatic heterocycles. The Kier molecular flexibility index (Phi) is 5.46. The molecule has 12 heteroatoms. The molecule has 2 saturated heterocycles. The molecule has 3 aliphatic rings. The predicted octanol–water partition coefficient (Wildman–Crippen LogP) is 1.38. The Bertz CT molecular complexity index is 778. The van der Waals surface area contributed by atoms with E-state index in [1.807, 2.05) is 0 Å². The van der Waals surface area contributed by atoms with Gasteiger partial charge in [-0.3, -0.25) is 20.3 Å². The molecule has 0 saturated carbocycles. The standard InChI is InChI=1S/C17H19F5N4O3/c18-13(19)16-25-14(26-29-16)8-1-3-9-7(5-8)2-4-10(9)24-15(27)11-12(17(20,21)22)23-6-28-11/h1,3,5,10-14,16,23,25-26H,2,4,6H2,(H,24,27)/t10-,11?,12?,14?,16?/m1/s1. The molecule has 5 atom stereocenters. The van der Waals surface area contributed by atoms with E-state index in [4.69, 9.17) is 9.57 Å². The van der Waals surface area contributed by atoms with Gasteiger partial charge >= 0.3 is 6.18 Å². The van der Waals surface area contributed by atoms with Gasteiger partial charge in [-0.2, -0.15) is 18.7 Å². The zero-order chi connectivity index (χ0) is 20.8. The lowest BCUT2D eigenvalue weighted by molar-refractivity contribution is -0.169. The summed E-state index contributed by atoms with van der Waals surface area (Å²) in [7, 11) is 0. The Hall–Kier alpha value is -1.86. The summed E-state index contributed by atoms with van der Waals surface area (Å²) in [5.41, 5.74) is 4.85. The number of hydroxylamine groups is 1. The number of aryl methyl sites for hydroxylation is 1. The van der Waals surface area contributed by atoms with Crippen molar-refractivity contribution in [3.63, 3.8) is 0 Å². The normalized spacial score (nSPS) is 32.0. The van der Waals surface area contributed by atoms with Crippen molar-refractivity contribution in [1.29, 1.82) is 0 Å². The SMILES string of the molecule is O=C(N[C@@H]1CCc2cc(C3NOC(C(F)F)N3)ccc21)C1OCNC1C(F)(F)F. The fourth-order valence-corrected chi connectivity index (χ4v) is 3.83. The van der Waals surface area contributed by atoms with Gasteiger partial charge in [0.1, 0.15) is 12.2 Å². The van der Waals surface area contributed by atoms with Gasteiger partial charge in [0.05, 0.1) is 12.8 Å². The molecular formula is C17H19F5N4O3. The third-order valence-electron chi connectivity index (χ3n) is 5.25. The molecule has 4 N–H and O–H groups in total. The molecule has 2 heterocycles. The molecule has 160 valence electrons. The van der Waals surface area contributed by atoms with Crippen LogP contribution in [0, 0.1) is 0 Å². The van der Waals surface area contributed by atoms with Crippen LogP contribution in [0.3, 0.4) is 0 Å². The van der Waals surface area contributed by atoms with Crippen LogP contribution in [-0.4, -0.2) is 43.6 Å². The smallest absolute Gasteiger partial charge is 0.351 e. The molecular weight excluding hydrogens is 403 g/mol. The molecule has 0 spiro atoms. The highest BCUT2D eigenvalue weighted by Crippen LogP contribution is 2.34. The summed E-state index contributed by atoms with van der Waals surface area (Å²) < 4.78 is 69.3. The van der Waals surface area contributed by atoms with E-state index < -0.39 is 49.1 Å². The Labute approximate surface area is 162 Å². The molecule has 4 unspecified atom stereocenters. The van der Waals surface area contributed by atoms with E-state index in [2.05, 4.69) is 21.4 Å². The van der Waals surface area contributed by atoms with Crippen molar-refractivity contribution in [2.75, 3.05) is 6.73 Å². The molecule has 0 radical (unpaired) electrons. The number of benzene rings is 1. The van der Waals surface area contributed by atoms with Crippen LogP contribution in [-0.2, 0) is 20.8 Å². The van der Waals surface area contributed by atoms with Crippen molar-refractivity contribution >= 4 is 5.91 Å². The monoisotopic (exact) mass is 422 g/mol. The van der Waals surface area contributed by atoms with Crippen LogP contribution in [0.15, 0.2) is 18.2 Å². The molecule has 4 rings (SSSR count). The van der Waals surface area contributed by atoms with Crippen molar-refractivity contribution in [3.8, 4) is 0 Å². The Morgan fingerprint density at radius 3 is 2.76 bits per heavy atom. The van der Waals surface area contributed by atoms with E-state index in [1.54, 1.807) is 18.2 Å². The van der Waals surface area contributed by atoms with Crippen LogP contribution >= 0.6 is 0 Å². The fourth-order valence-electron chi connectivity index (χ4n) is 3.83. The second-order valence-corrected chi connectivity index (χ2v) is 7.10. The predicted molar refractivity (Wildman–Crippen MR) is 88.3 cm³/mol. The zero-order valence-electron chi connectivity index (χ0n) is 14.9. The summed E-state index contributed by atoms with van der Waals surface area (Å²) in [6.07, 6.45) is -9.85. The van der Waals surface area contributed by atoms with E-state index in [9.17, 15) is 26.7 Å². The van der Waals surface area contributed by atoms with Gasteiger partial charge in [-0.25, -0.2) is 8.78 Å². The highest BCUT2D eigenvalue weighted by atomic mass is 19.4. The van der Waals surface area contributed by atoms with Crippen molar-refractivity contribution in [1.82, 2.24) is 21.4 Å². The number of fused-ring (bicyclic) bond motifs is 1. The summed E-state index contributed by atoms with van der Waals surface area (Å²) in [5, 5.41) is 7.38. The van der Waals surface area contributed by atoms with Crippen molar-refractivity contribution < 1.29 is 36.3 Å². The molecule has 2 fully saturated rings. The first-order chi connectivity index (χ1) is 13.7. The molecule has 0 bridgehead atoms. The first-order valence-corrected chi connectivity index (χ1v) is 9.04. The second-order valence-electron chi connectivity index (χ2n) is 7.10. The zero-order valence-corrected chi connectivity index (χ0v) is 14.9. The van der Waals surface area contributed by atoms with Crippen LogP contribution in [0.1, 0.15) is 35.3 Å². The highest BCUT2D eigenvalue weighted by Gasteiger charge is 2.51. The Morgan fingerprint density at radius 1 is 1.28 bits per heavy atom. The quantitative estimate of drug-likeness (QED) is 0.549. The average Bonchev–Trinajstić information content (AvgIpc) is 3.40. The summed E-state index contributed by atoms with van der Waals surface area (Å²) in [6, 6.07) is 2.73. The summed E-state index contributed by atoms with van der Waals surface area (Å²) in [6.45, 7) is -0.351. The van der Waals surface area contributed by atoms with Gasteiger partial charge in [-0.05, 0) is 29.5 Å². The number of halogens is 5. The number of carbonyl (C=O) groups is 1. The van der Waals surface area contributed by atoms with E-state index in [-0.39, 0.29) is 6.73 Å². The largest absolute Gasteiger partial charge is 0.406 e. The van der Waals surface area contributed by atoms with Gasteiger partial charge in [-0.15, -0.1) is 0 Å². The Balaban J connectivity index is 1.42. The molecule has 1 aliphatic carbocycles. The molecule has 1 amide bonds. The first kappa shape index (κ1) is 20.4. The minimum Gasteiger partial charge on any atom is -0.351 e. The van der Waals surface area contributed by atoms with Gasteiger partial charge < -0.3 is 10.1 Å². The topological polar surface area (TPSA) is 83.7 Å². The van der Waals surface area contributed by atoms with Crippen LogP contribution in [0.4, 0.5) is 22.0 Å². The van der Waals surface area contributed by atoms with E-state index in [0.717, 1.165) is 11.1 Å². The summed E-state index contributed by atoms with van der Waals surface area (Å²) in [4.78, 5) is 17.1. The van der Waals surface area contributed by atoms with E-state index in [1.165, 1.54) is 0 Å². The third kappa shape index (κ3) is 4.08. The van der Waals surface area contributed by atoms with E-state index >= 15 is 0 Å². The van der Waals surface area contributed by atoms with E-state index in [0.29, 0.717) is 18.4 Å². The number of rotatable bonds is 4. The number of hydrogen-bond donors (Lipinski definition) is 4. The molecule has 0 aromatic heterocycles. The summed E-state index contributed by atoms with van der Waals surface area (Å²) in [5.74, 6) is -0.827. The van der Waals surface area contributed by atoms with Crippen LogP contribution < -0.4 is 21.4 Å². The molecule has 29 heavy (non-hydrogen) atoms. The highest BCUT2D eigenvalue weighted by molar-refractivity contribution is 5.82. The minimum atomic E-state index is -4.60. The second kappa shape index (κ2) is 7.76. The Morgan fingerprint density at radius 2 is 2.07 bits per heavy atom. The third-order valence-corrected chi connectivity index (χ3v) is 5.25. The van der Waals surface area contributed by atoms with Crippen molar-refractivity contribution in [3.05, 3.63) is 34.9 Å². The van der Waals surface area contributed by atoms with Crippen LogP contribution in [0.5, 0.6) is 0 Å². The minimum absolute atomic E-state index is 0.351. The van der Waals surface area contributed by atoms with Gasteiger partial charge in [0, 0.05) is 0 Å². The number of amides is 1.